The summed E-state index contributed by atoms with van der Waals surface area (Å²) in [5, 5.41) is 10.3. The summed E-state index contributed by atoms with van der Waals surface area (Å²) < 4.78 is 36.7. The Bertz CT molecular complexity index is 672. The summed E-state index contributed by atoms with van der Waals surface area (Å²) in [6, 6.07) is -2.11. The van der Waals surface area contributed by atoms with Gasteiger partial charge in [0.1, 0.15) is 6.04 Å². The summed E-state index contributed by atoms with van der Waals surface area (Å²) in [5.41, 5.74) is 0. The fraction of sp³-hybridized carbons (Fsp3) is 0.826. The third-order valence-electron chi connectivity index (χ3n) is 5.00. The van der Waals surface area contributed by atoms with E-state index in [1.807, 2.05) is 27.7 Å². The maximum Gasteiger partial charge on any atom is 0.471 e. The fourth-order valence-electron chi connectivity index (χ4n) is 3.26. The molecule has 4 N–H and O–H groups in total. The number of unbranched alkanes of at least 4 members (excludes halogenated alkanes) is 1. The summed E-state index contributed by atoms with van der Waals surface area (Å²) in [5.74, 6) is -3.16. The van der Waals surface area contributed by atoms with Crippen LogP contribution in [-0.2, 0) is 19.2 Å². The quantitative estimate of drug-likeness (QED) is 0.261. The Balaban J connectivity index is 4.92. The van der Waals surface area contributed by atoms with Crippen LogP contribution in [0, 0.1) is 11.8 Å². The maximum absolute atomic E-state index is 12.7. The standard InChI is InChI=1S/C23H41F3N4O4/c1-13(2)12-18(28-15(5)6)21(33)29-16(7)20(32)30-17(19(31)14(3)4)10-8-9-11-27-22(34)23(24,25)26/h13-18,28H,8-12H2,1-7H3,(H,27,34)(H,29,33)(H,30,32)/t16?,17-,18-/m0/s1. The predicted molar refractivity (Wildman–Crippen MR) is 124 cm³/mol. The summed E-state index contributed by atoms with van der Waals surface area (Å²) in [6.07, 6.45) is -3.61. The van der Waals surface area contributed by atoms with E-state index in [0.29, 0.717) is 12.8 Å². The van der Waals surface area contributed by atoms with Crippen LogP contribution in [0.25, 0.3) is 0 Å². The Hall–Kier alpha value is -2.17. The molecule has 0 aromatic rings. The Morgan fingerprint density at radius 3 is 1.85 bits per heavy atom. The van der Waals surface area contributed by atoms with Gasteiger partial charge < -0.3 is 21.3 Å². The van der Waals surface area contributed by atoms with Gasteiger partial charge in [-0.3, -0.25) is 19.2 Å². The molecule has 0 fully saturated rings. The number of hydrogen-bond acceptors (Lipinski definition) is 5. The van der Waals surface area contributed by atoms with Crippen molar-refractivity contribution in [2.24, 2.45) is 11.8 Å². The highest BCUT2D eigenvalue weighted by molar-refractivity contribution is 5.94. The lowest BCUT2D eigenvalue weighted by Gasteiger charge is -2.25. The zero-order valence-electron chi connectivity index (χ0n) is 21.3. The minimum absolute atomic E-state index is 0.0765. The number of alkyl halides is 3. The highest BCUT2D eigenvalue weighted by atomic mass is 19.4. The van der Waals surface area contributed by atoms with Gasteiger partial charge in [0.25, 0.3) is 0 Å². The molecule has 0 heterocycles. The van der Waals surface area contributed by atoms with Crippen LogP contribution >= 0.6 is 0 Å². The number of ketones is 1. The first-order valence-electron chi connectivity index (χ1n) is 11.8. The molecule has 0 aliphatic heterocycles. The van der Waals surface area contributed by atoms with Gasteiger partial charge in [0.05, 0.1) is 12.1 Å². The topological polar surface area (TPSA) is 116 Å². The highest BCUT2D eigenvalue weighted by Gasteiger charge is 2.38. The zero-order chi connectivity index (χ0) is 26.6. The number of amides is 3. The van der Waals surface area contributed by atoms with E-state index >= 15 is 0 Å². The molecule has 0 saturated heterocycles. The summed E-state index contributed by atoms with van der Waals surface area (Å²) in [7, 11) is 0. The second-order valence-electron chi connectivity index (χ2n) is 9.60. The van der Waals surface area contributed by atoms with Gasteiger partial charge in [-0.25, -0.2) is 0 Å². The van der Waals surface area contributed by atoms with Crippen LogP contribution in [0.2, 0.25) is 0 Å². The first-order valence-corrected chi connectivity index (χ1v) is 11.8. The monoisotopic (exact) mass is 494 g/mol. The van der Waals surface area contributed by atoms with Gasteiger partial charge >= 0.3 is 12.1 Å². The van der Waals surface area contributed by atoms with Crippen LogP contribution in [0.4, 0.5) is 13.2 Å². The van der Waals surface area contributed by atoms with Crippen molar-refractivity contribution in [2.45, 2.75) is 104 Å². The van der Waals surface area contributed by atoms with Crippen molar-refractivity contribution < 1.29 is 32.3 Å². The normalized spacial score (nSPS) is 14.6. The van der Waals surface area contributed by atoms with Crippen LogP contribution in [0.3, 0.4) is 0 Å². The molecule has 3 atom stereocenters. The third kappa shape index (κ3) is 12.9. The first-order chi connectivity index (χ1) is 15.6. The van der Waals surface area contributed by atoms with Gasteiger partial charge in [0.2, 0.25) is 11.8 Å². The smallest absolute Gasteiger partial charge is 0.348 e. The van der Waals surface area contributed by atoms with E-state index in [2.05, 4.69) is 16.0 Å². The average molecular weight is 495 g/mol. The van der Waals surface area contributed by atoms with E-state index in [9.17, 15) is 32.3 Å². The molecular weight excluding hydrogens is 453 g/mol. The minimum Gasteiger partial charge on any atom is -0.348 e. The van der Waals surface area contributed by atoms with Gasteiger partial charge in [-0.05, 0) is 38.5 Å². The van der Waals surface area contributed by atoms with E-state index in [-0.39, 0.29) is 49.0 Å². The van der Waals surface area contributed by atoms with E-state index in [4.69, 9.17) is 0 Å². The van der Waals surface area contributed by atoms with Gasteiger partial charge in [0, 0.05) is 18.5 Å². The molecule has 0 aromatic carbocycles. The molecule has 8 nitrogen and oxygen atoms in total. The second-order valence-corrected chi connectivity index (χ2v) is 9.60. The molecule has 3 amide bonds. The van der Waals surface area contributed by atoms with Crippen molar-refractivity contribution in [3.63, 3.8) is 0 Å². The number of hydrogen-bond donors (Lipinski definition) is 4. The van der Waals surface area contributed by atoms with E-state index in [0.717, 1.165) is 0 Å². The number of Topliss-reactive ketones (excluding diaryl/α,β-unsaturated/α-hetero) is 1. The van der Waals surface area contributed by atoms with Crippen molar-refractivity contribution in [1.29, 1.82) is 0 Å². The molecule has 1 unspecified atom stereocenters. The summed E-state index contributed by atoms with van der Waals surface area (Å²) >= 11 is 0. The summed E-state index contributed by atoms with van der Waals surface area (Å²) in [6.45, 7) is 12.5. The second kappa shape index (κ2) is 15.0. The number of nitrogens with one attached hydrogen (secondary N) is 4. The molecule has 0 rings (SSSR count). The third-order valence-corrected chi connectivity index (χ3v) is 5.00. The average Bonchev–Trinajstić information content (AvgIpc) is 2.69. The number of rotatable bonds is 15. The van der Waals surface area contributed by atoms with Crippen molar-refractivity contribution >= 4 is 23.5 Å². The molecule has 11 heteroatoms. The molecule has 0 radical (unpaired) electrons. The number of halogens is 3. The van der Waals surface area contributed by atoms with Gasteiger partial charge in [-0.2, -0.15) is 13.2 Å². The lowest BCUT2D eigenvalue weighted by atomic mass is 9.96. The Labute approximate surface area is 200 Å². The van der Waals surface area contributed by atoms with E-state index in [1.54, 1.807) is 19.2 Å². The lowest BCUT2D eigenvalue weighted by Crippen LogP contribution is -2.55. The molecular formula is C23H41F3N4O4. The van der Waals surface area contributed by atoms with Crippen LogP contribution < -0.4 is 21.3 Å². The van der Waals surface area contributed by atoms with Crippen molar-refractivity contribution in [3.05, 3.63) is 0 Å². The summed E-state index contributed by atoms with van der Waals surface area (Å²) in [4.78, 5) is 48.8. The lowest BCUT2D eigenvalue weighted by molar-refractivity contribution is -0.173. The van der Waals surface area contributed by atoms with Crippen LogP contribution in [-0.4, -0.2) is 60.4 Å². The van der Waals surface area contributed by atoms with Crippen molar-refractivity contribution in [2.75, 3.05) is 6.54 Å². The Kier molecular flexibility index (Phi) is 14.0. The number of carbonyl (C=O) groups is 4. The van der Waals surface area contributed by atoms with Crippen LogP contribution in [0.15, 0.2) is 0 Å². The fourth-order valence-corrected chi connectivity index (χ4v) is 3.26. The molecule has 0 saturated carbocycles. The van der Waals surface area contributed by atoms with Gasteiger partial charge in [-0.1, -0.05) is 41.5 Å². The zero-order valence-corrected chi connectivity index (χ0v) is 21.3. The van der Waals surface area contributed by atoms with Crippen molar-refractivity contribution in [1.82, 2.24) is 21.3 Å². The molecule has 0 aliphatic rings. The highest BCUT2D eigenvalue weighted by Crippen LogP contribution is 2.14. The largest absolute Gasteiger partial charge is 0.471 e. The molecule has 198 valence electrons. The molecule has 0 spiro atoms. The van der Waals surface area contributed by atoms with Gasteiger partial charge in [-0.15, -0.1) is 0 Å². The Morgan fingerprint density at radius 1 is 0.794 bits per heavy atom. The minimum atomic E-state index is -4.94. The predicted octanol–water partition coefficient (Wildman–Crippen LogP) is 2.46. The SMILES string of the molecule is CC(C)C[C@H](NC(C)C)C(=O)NC(C)C(=O)N[C@@H](CCCCNC(=O)C(F)(F)F)C(=O)C(C)C. The Morgan fingerprint density at radius 2 is 1.38 bits per heavy atom. The maximum atomic E-state index is 12.7. The molecule has 0 bridgehead atoms. The first kappa shape index (κ1) is 31.8. The number of carbonyl (C=O) groups excluding carboxylic acids is 4. The van der Waals surface area contributed by atoms with Crippen molar-refractivity contribution in [3.8, 4) is 0 Å². The molecule has 0 aromatic heterocycles. The van der Waals surface area contributed by atoms with Crippen LogP contribution in [0.5, 0.6) is 0 Å². The van der Waals surface area contributed by atoms with E-state index < -0.39 is 36.1 Å². The molecule has 0 aliphatic carbocycles. The van der Waals surface area contributed by atoms with E-state index in [1.165, 1.54) is 6.92 Å². The van der Waals surface area contributed by atoms with Gasteiger partial charge in [0.15, 0.2) is 5.78 Å². The van der Waals surface area contributed by atoms with Crippen LogP contribution in [0.1, 0.15) is 74.1 Å². The molecule has 34 heavy (non-hydrogen) atoms.